The van der Waals surface area contributed by atoms with E-state index in [1.54, 1.807) is 50.6 Å². The molecule has 0 aliphatic carbocycles. The minimum absolute atomic E-state index is 0.0711. The number of benzene rings is 4. The monoisotopic (exact) mass is 687 g/mol. The molecule has 4 aromatic rings. The fraction of sp³-hybridized carbons (Fsp3) is 0.316. The molecule has 0 unspecified atom stereocenters. The zero-order valence-electron chi connectivity index (χ0n) is 27.8. The van der Waals surface area contributed by atoms with Crippen LogP contribution in [0.4, 0.5) is 4.39 Å². The van der Waals surface area contributed by atoms with Crippen LogP contribution < -0.4 is 14.8 Å². The summed E-state index contributed by atoms with van der Waals surface area (Å²) >= 11 is 0. The maximum atomic E-state index is 14.1. The van der Waals surface area contributed by atoms with E-state index in [2.05, 4.69) is 5.32 Å². The topological polar surface area (TPSA) is 105 Å². The van der Waals surface area contributed by atoms with E-state index >= 15 is 0 Å². The Kier molecular flexibility index (Phi) is 12.0. The van der Waals surface area contributed by atoms with Crippen LogP contribution in [-0.4, -0.2) is 63.3 Å². The molecule has 0 radical (unpaired) electrons. The number of ether oxygens (including phenoxy) is 2. The average molecular weight is 688 g/mol. The predicted molar refractivity (Wildman–Crippen MR) is 185 cm³/mol. The first-order chi connectivity index (χ1) is 23.7. The zero-order chi connectivity index (χ0) is 34.8. The van der Waals surface area contributed by atoms with Crippen molar-refractivity contribution in [2.45, 2.75) is 49.6 Å². The number of sulfonamides is 1. The molecule has 1 aliphatic heterocycles. The average Bonchev–Trinajstić information content (AvgIpc) is 3.68. The lowest BCUT2D eigenvalue weighted by Crippen LogP contribution is -2.44. The van der Waals surface area contributed by atoms with Crippen molar-refractivity contribution in [2.24, 2.45) is 0 Å². The second-order valence-corrected chi connectivity index (χ2v) is 13.9. The summed E-state index contributed by atoms with van der Waals surface area (Å²) in [4.78, 5) is 29.8. The molecule has 1 heterocycles. The highest BCUT2D eigenvalue weighted by Crippen LogP contribution is 2.29. The van der Waals surface area contributed by atoms with Gasteiger partial charge in [0.05, 0.1) is 19.1 Å². The number of carbonyl (C=O) groups is 2. The van der Waals surface area contributed by atoms with Crippen molar-refractivity contribution < 1.29 is 31.9 Å². The Bertz CT molecular complexity index is 1810. The smallest absolute Gasteiger partial charge is 0.247 e. The molecule has 1 N–H and O–H groups in total. The van der Waals surface area contributed by atoms with Gasteiger partial charge in [0.15, 0.2) is 11.5 Å². The molecule has 1 aliphatic rings. The van der Waals surface area contributed by atoms with Gasteiger partial charge in [0.1, 0.15) is 11.9 Å². The lowest BCUT2D eigenvalue weighted by atomic mass is 10.0. The zero-order valence-corrected chi connectivity index (χ0v) is 28.6. The standard InChI is InChI=1S/C38H42FN3O6S/c1-47-34-20-14-29(26-35(34)48-2)22-23-40-38(44)37(31-8-4-3-5-9-31)42(27-30-10-16-32(39)17-11-30)36(43)21-15-28-12-18-33(19-13-28)49(45,46)41-24-6-7-25-41/h3-5,8-14,16-20,26,37H,6-7,15,21-25,27H2,1-2H3,(H,40,44)/t37-/m0/s1. The summed E-state index contributed by atoms with van der Waals surface area (Å²) < 4.78 is 52.0. The van der Waals surface area contributed by atoms with Gasteiger partial charge in [0.2, 0.25) is 21.8 Å². The highest BCUT2D eigenvalue weighted by Gasteiger charge is 2.32. The molecule has 258 valence electrons. The maximum Gasteiger partial charge on any atom is 0.247 e. The number of amides is 2. The summed E-state index contributed by atoms with van der Waals surface area (Å²) in [5, 5.41) is 3.02. The van der Waals surface area contributed by atoms with Crippen LogP contribution in [0.15, 0.2) is 102 Å². The Morgan fingerprint density at radius 2 is 1.45 bits per heavy atom. The predicted octanol–water partition coefficient (Wildman–Crippen LogP) is 5.69. The SMILES string of the molecule is COc1ccc(CCNC(=O)[C@H](c2ccccc2)N(Cc2ccc(F)cc2)C(=O)CCc2ccc(S(=O)(=O)N3CCCC3)cc2)cc1OC. The number of rotatable bonds is 15. The summed E-state index contributed by atoms with van der Waals surface area (Å²) in [6.45, 7) is 1.43. The van der Waals surface area contributed by atoms with Gasteiger partial charge in [0, 0.05) is 32.6 Å². The minimum atomic E-state index is -3.55. The van der Waals surface area contributed by atoms with E-state index in [4.69, 9.17) is 9.47 Å². The number of halogens is 1. The fourth-order valence-corrected chi connectivity index (χ4v) is 7.50. The molecule has 0 spiro atoms. The Balaban J connectivity index is 1.35. The van der Waals surface area contributed by atoms with Crippen LogP contribution in [0.25, 0.3) is 0 Å². The van der Waals surface area contributed by atoms with Gasteiger partial charge >= 0.3 is 0 Å². The molecule has 0 bridgehead atoms. The summed E-state index contributed by atoms with van der Waals surface area (Å²) in [5.41, 5.74) is 3.04. The van der Waals surface area contributed by atoms with Crippen LogP contribution in [0.3, 0.4) is 0 Å². The summed E-state index contributed by atoms with van der Waals surface area (Å²) in [5.74, 6) is 0.176. The van der Waals surface area contributed by atoms with Gasteiger partial charge in [0.25, 0.3) is 0 Å². The van der Waals surface area contributed by atoms with Gasteiger partial charge < -0.3 is 19.7 Å². The van der Waals surface area contributed by atoms with E-state index in [1.165, 1.54) is 21.3 Å². The number of carbonyl (C=O) groups excluding carboxylic acids is 2. The first kappa shape index (κ1) is 35.6. The number of aryl methyl sites for hydroxylation is 1. The van der Waals surface area contributed by atoms with Gasteiger partial charge in [-0.3, -0.25) is 9.59 Å². The number of hydrogen-bond donors (Lipinski definition) is 1. The van der Waals surface area contributed by atoms with Crippen molar-refractivity contribution in [3.05, 3.63) is 125 Å². The molecule has 5 rings (SSSR count). The first-order valence-corrected chi connectivity index (χ1v) is 17.8. The van der Waals surface area contributed by atoms with Crippen LogP contribution in [0.5, 0.6) is 11.5 Å². The van der Waals surface area contributed by atoms with Crippen LogP contribution >= 0.6 is 0 Å². The lowest BCUT2D eigenvalue weighted by Gasteiger charge is -2.32. The summed E-state index contributed by atoms with van der Waals surface area (Å²) in [6.07, 6.45) is 2.64. The normalized spacial score (nSPS) is 13.9. The summed E-state index contributed by atoms with van der Waals surface area (Å²) in [6, 6.07) is 26.2. The van der Waals surface area contributed by atoms with E-state index < -0.39 is 21.9 Å². The molecule has 1 atom stereocenters. The maximum absolute atomic E-state index is 14.1. The number of methoxy groups -OCH3 is 2. The van der Waals surface area contributed by atoms with Crippen LogP contribution in [0, 0.1) is 5.82 Å². The fourth-order valence-electron chi connectivity index (χ4n) is 5.98. The van der Waals surface area contributed by atoms with Crippen molar-refractivity contribution >= 4 is 21.8 Å². The Morgan fingerprint density at radius 1 is 0.816 bits per heavy atom. The van der Waals surface area contributed by atoms with E-state index in [9.17, 15) is 22.4 Å². The van der Waals surface area contributed by atoms with E-state index in [-0.39, 0.29) is 29.7 Å². The second-order valence-electron chi connectivity index (χ2n) is 11.9. The molecule has 1 fully saturated rings. The van der Waals surface area contributed by atoms with E-state index in [1.807, 2.05) is 48.5 Å². The van der Waals surface area contributed by atoms with Crippen LogP contribution in [-0.2, 0) is 39.0 Å². The molecule has 2 amide bonds. The van der Waals surface area contributed by atoms with E-state index in [0.717, 1.165) is 24.0 Å². The van der Waals surface area contributed by atoms with Crippen LogP contribution in [0.2, 0.25) is 0 Å². The van der Waals surface area contributed by atoms with Crippen LogP contribution in [0.1, 0.15) is 47.6 Å². The number of hydrogen-bond acceptors (Lipinski definition) is 6. The van der Waals surface area contributed by atoms with Crippen molar-refractivity contribution in [3.63, 3.8) is 0 Å². The van der Waals surface area contributed by atoms with Gasteiger partial charge in [-0.2, -0.15) is 4.31 Å². The number of nitrogens with zero attached hydrogens (tertiary/aromatic N) is 2. The Labute approximate surface area is 287 Å². The van der Waals surface area contributed by atoms with Gasteiger partial charge in [-0.1, -0.05) is 60.7 Å². The van der Waals surface area contributed by atoms with E-state index in [0.29, 0.717) is 55.1 Å². The van der Waals surface area contributed by atoms with Crippen molar-refractivity contribution in [1.82, 2.24) is 14.5 Å². The third kappa shape index (κ3) is 9.04. The summed E-state index contributed by atoms with van der Waals surface area (Å²) in [7, 11) is -0.413. The molecule has 0 aromatic heterocycles. The first-order valence-electron chi connectivity index (χ1n) is 16.4. The highest BCUT2D eigenvalue weighted by atomic mass is 32.2. The third-order valence-electron chi connectivity index (χ3n) is 8.68. The van der Waals surface area contributed by atoms with Crippen molar-refractivity contribution in [3.8, 4) is 11.5 Å². The quantitative estimate of drug-likeness (QED) is 0.172. The largest absolute Gasteiger partial charge is 0.493 e. The molecule has 4 aromatic carbocycles. The molecule has 0 saturated carbocycles. The molecular weight excluding hydrogens is 645 g/mol. The van der Waals surface area contributed by atoms with Gasteiger partial charge in [-0.05, 0) is 84.3 Å². The Morgan fingerprint density at radius 3 is 2.10 bits per heavy atom. The van der Waals surface area contributed by atoms with Crippen molar-refractivity contribution in [2.75, 3.05) is 33.9 Å². The number of nitrogens with one attached hydrogen (secondary N) is 1. The minimum Gasteiger partial charge on any atom is -0.493 e. The van der Waals surface area contributed by atoms with Gasteiger partial charge in [-0.15, -0.1) is 0 Å². The second kappa shape index (κ2) is 16.6. The molecule has 1 saturated heterocycles. The third-order valence-corrected chi connectivity index (χ3v) is 10.6. The lowest BCUT2D eigenvalue weighted by molar-refractivity contribution is -0.141. The molecule has 49 heavy (non-hydrogen) atoms. The molecular formula is C38H42FN3O6S. The molecule has 11 heteroatoms. The Hall–Kier alpha value is -4.74. The van der Waals surface area contributed by atoms with Crippen molar-refractivity contribution in [1.29, 1.82) is 0 Å². The molecule has 9 nitrogen and oxygen atoms in total. The highest BCUT2D eigenvalue weighted by molar-refractivity contribution is 7.89. The van der Waals surface area contributed by atoms with Gasteiger partial charge in [-0.25, -0.2) is 12.8 Å².